The molecule has 1 rings (SSSR count). The van der Waals surface area contributed by atoms with Gasteiger partial charge in [0.05, 0.1) is 0 Å². The number of nitrogens with one attached hydrogen (secondary N) is 1. The Morgan fingerprint density at radius 1 is 1.30 bits per heavy atom. The summed E-state index contributed by atoms with van der Waals surface area (Å²) in [7, 11) is 0. The van der Waals surface area contributed by atoms with E-state index in [4.69, 9.17) is 10.9 Å². The molecule has 0 aliphatic rings. The van der Waals surface area contributed by atoms with Gasteiger partial charge in [-0.2, -0.15) is 0 Å². The van der Waals surface area contributed by atoms with E-state index in [1.165, 1.54) is 18.4 Å². The third kappa shape index (κ3) is 5.11. The minimum Gasteiger partial charge on any atom is -0.409 e. The molecule has 1 aromatic rings. The Morgan fingerprint density at radius 2 is 1.95 bits per heavy atom. The Bertz CT molecular complexity index is 424. The first-order valence-corrected chi connectivity index (χ1v) is 7.30. The summed E-state index contributed by atoms with van der Waals surface area (Å²) in [6.45, 7) is 6.94. The van der Waals surface area contributed by atoms with Gasteiger partial charge in [-0.15, -0.1) is 0 Å². The Balaban J connectivity index is 2.42. The number of benzene rings is 1. The Hall–Kier alpha value is -1.71. The lowest BCUT2D eigenvalue weighted by Crippen LogP contribution is -2.33. The summed E-state index contributed by atoms with van der Waals surface area (Å²) in [6.07, 6.45) is 4.41. The largest absolute Gasteiger partial charge is 0.409 e. The highest BCUT2D eigenvalue weighted by Gasteiger charge is 2.22. The average molecular weight is 277 g/mol. The van der Waals surface area contributed by atoms with E-state index >= 15 is 0 Å². The second-order valence-electron chi connectivity index (χ2n) is 5.85. The minimum absolute atomic E-state index is 0.272. The first-order chi connectivity index (χ1) is 9.49. The van der Waals surface area contributed by atoms with Crippen LogP contribution in [0.1, 0.15) is 45.6 Å². The molecule has 0 fully saturated rings. The molecule has 4 N–H and O–H groups in total. The standard InChI is InChI=1S/C16H27N3O/c1-4-5-6-13-7-9-14(10-8-13)18-12-11-16(2,3)15(17)19-20/h7-10,18,20H,4-6,11-12H2,1-3H3,(H2,17,19). The van der Waals surface area contributed by atoms with Gasteiger partial charge in [-0.05, 0) is 37.0 Å². The maximum atomic E-state index is 8.73. The Morgan fingerprint density at radius 3 is 2.50 bits per heavy atom. The van der Waals surface area contributed by atoms with Crippen LogP contribution < -0.4 is 11.1 Å². The predicted octanol–water partition coefficient (Wildman–Crippen LogP) is 3.60. The van der Waals surface area contributed by atoms with Crippen LogP contribution in [0.2, 0.25) is 0 Å². The van der Waals surface area contributed by atoms with E-state index < -0.39 is 0 Å². The molecule has 0 spiro atoms. The fourth-order valence-corrected chi connectivity index (χ4v) is 1.95. The maximum Gasteiger partial charge on any atom is 0.144 e. The Labute approximate surface area is 122 Å². The second-order valence-corrected chi connectivity index (χ2v) is 5.85. The van der Waals surface area contributed by atoms with Crippen molar-refractivity contribution in [2.45, 2.75) is 46.5 Å². The number of anilines is 1. The molecule has 0 saturated heterocycles. The Kier molecular flexibility index (Phi) is 6.36. The summed E-state index contributed by atoms with van der Waals surface area (Å²) in [6, 6.07) is 8.57. The van der Waals surface area contributed by atoms with Crippen LogP contribution in [0.5, 0.6) is 0 Å². The molecular formula is C16H27N3O. The minimum atomic E-state index is -0.303. The first-order valence-electron chi connectivity index (χ1n) is 7.30. The van der Waals surface area contributed by atoms with E-state index in [-0.39, 0.29) is 11.3 Å². The summed E-state index contributed by atoms with van der Waals surface area (Å²) in [5.41, 5.74) is 7.86. The van der Waals surface area contributed by atoms with E-state index in [2.05, 4.69) is 41.7 Å². The van der Waals surface area contributed by atoms with Crippen molar-refractivity contribution >= 4 is 11.5 Å². The van der Waals surface area contributed by atoms with Crippen molar-refractivity contribution in [2.75, 3.05) is 11.9 Å². The van der Waals surface area contributed by atoms with Gasteiger partial charge in [-0.25, -0.2) is 0 Å². The molecule has 4 heteroatoms. The van der Waals surface area contributed by atoms with E-state index in [1.807, 2.05) is 13.8 Å². The molecule has 0 unspecified atom stereocenters. The molecular weight excluding hydrogens is 250 g/mol. The molecule has 20 heavy (non-hydrogen) atoms. The lowest BCUT2D eigenvalue weighted by atomic mass is 9.88. The number of rotatable bonds is 8. The van der Waals surface area contributed by atoms with Crippen LogP contribution in [0.4, 0.5) is 5.69 Å². The molecule has 112 valence electrons. The number of nitrogens with zero attached hydrogens (tertiary/aromatic N) is 1. The third-order valence-electron chi connectivity index (χ3n) is 3.65. The average Bonchev–Trinajstić information content (AvgIpc) is 2.45. The molecule has 0 heterocycles. The van der Waals surface area contributed by atoms with E-state index in [1.54, 1.807) is 0 Å². The highest BCUT2D eigenvalue weighted by Crippen LogP contribution is 2.20. The lowest BCUT2D eigenvalue weighted by Gasteiger charge is -2.23. The van der Waals surface area contributed by atoms with Gasteiger partial charge in [0, 0.05) is 17.6 Å². The number of nitrogens with two attached hydrogens (primary N) is 1. The SMILES string of the molecule is CCCCc1ccc(NCCC(C)(C)C(N)=NO)cc1. The quantitative estimate of drug-likeness (QED) is 0.294. The molecule has 0 radical (unpaired) electrons. The molecule has 0 aliphatic carbocycles. The van der Waals surface area contributed by atoms with Crippen LogP contribution in [-0.2, 0) is 6.42 Å². The van der Waals surface area contributed by atoms with Crippen molar-refractivity contribution in [3.8, 4) is 0 Å². The number of aryl methyl sites for hydroxylation is 1. The molecule has 1 aromatic carbocycles. The number of amidine groups is 1. The van der Waals surface area contributed by atoms with Gasteiger partial charge >= 0.3 is 0 Å². The van der Waals surface area contributed by atoms with Crippen LogP contribution in [-0.4, -0.2) is 17.6 Å². The summed E-state index contributed by atoms with van der Waals surface area (Å²) in [4.78, 5) is 0. The van der Waals surface area contributed by atoms with Crippen LogP contribution >= 0.6 is 0 Å². The van der Waals surface area contributed by atoms with Gasteiger partial charge in [0.15, 0.2) is 0 Å². The summed E-state index contributed by atoms with van der Waals surface area (Å²) >= 11 is 0. The summed E-state index contributed by atoms with van der Waals surface area (Å²) in [5, 5.41) is 15.2. The van der Waals surface area contributed by atoms with E-state index in [9.17, 15) is 0 Å². The summed E-state index contributed by atoms with van der Waals surface area (Å²) < 4.78 is 0. The van der Waals surface area contributed by atoms with Crippen molar-refractivity contribution in [1.82, 2.24) is 0 Å². The topological polar surface area (TPSA) is 70.6 Å². The summed E-state index contributed by atoms with van der Waals surface area (Å²) in [5.74, 6) is 0.272. The van der Waals surface area contributed by atoms with Crippen molar-refractivity contribution in [3.05, 3.63) is 29.8 Å². The van der Waals surface area contributed by atoms with E-state index in [0.717, 1.165) is 25.1 Å². The van der Waals surface area contributed by atoms with Crippen LogP contribution in [0.15, 0.2) is 29.4 Å². The number of unbranched alkanes of at least 4 members (excludes halogenated alkanes) is 1. The van der Waals surface area contributed by atoms with Crippen molar-refractivity contribution in [3.63, 3.8) is 0 Å². The molecule has 4 nitrogen and oxygen atoms in total. The highest BCUT2D eigenvalue weighted by atomic mass is 16.4. The molecule has 0 amide bonds. The van der Waals surface area contributed by atoms with Crippen molar-refractivity contribution < 1.29 is 5.21 Å². The van der Waals surface area contributed by atoms with Crippen LogP contribution in [0.3, 0.4) is 0 Å². The number of hydrogen-bond donors (Lipinski definition) is 3. The zero-order valence-electron chi connectivity index (χ0n) is 12.8. The van der Waals surface area contributed by atoms with Gasteiger partial charge in [0.2, 0.25) is 0 Å². The smallest absolute Gasteiger partial charge is 0.144 e. The fourth-order valence-electron chi connectivity index (χ4n) is 1.95. The van der Waals surface area contributed by atoms with E-state index in [0.29, 0.717) is 0 Å². The molecule has 0 aliphatic heterocycles. The predicted molar refractivity (Wildman–Crippen MR) is 85.4 cm³/mol. The third-order valence-corrected chi connectivity index (χ3v) is 3.65. The zero-order chi connectivity index (χ0) is 15.0. The van der Waals surface area contributed by atoms with Crippen molar-refractivity contribution in [2.24, 2.45) is 16.3 Å². The normalized spacial score (nSPS) is 12.4. The first kappa shape index (κ1) is 16.3. The molecule has 0 saturated carbocycles. The van der Waals surface area contributed by atoms with Gasteiger partial charge in [-0.3, -0.25) is 0 Å². The van der Waals surface area contributed by atoms with Crippen LogP contribution in [0, 0.1) is 5.41 Å². The molecule has 0 atom stereocenters. The van der Waals surface area contributed by atoms with Crippen molar-refractivity contribution in [1.29, 1.82) is 0 Å². The zero-order valence-corrected chi connectivity index (χ0v) is 12.8. The second kappa shape index (κ2) is 7.78. The fraction of sp³-hybridized carbons (Fsp3) is 0.562. The molecule has 0 aromatic heterocycles. The monoisotopic (exact) mass is 277 g/mol. The van der Waals surface area contributed by atoms with Gasteiger partial charge in [0.1, 0.15) is 5.84 Å². The van der Waals surface area contributed by atoms with Gasteiger partial charge < -0.3 is 16.3 Å². The lowest BCUT2D eigenvalue weighted by molar-refractivity contribution is 0.306. The molecule has 0 bridgehead atoms. The van der Waals surface area contributed by atoms with Gasteiger partial charge in [0.25, 0.3) is 0 Å². The maximum absolute atomic E-state index is 8.73. The van der Waals surface area contributed by atoms with Gasteiger partial charge in [-0.1, -0.05) is 44.5 Å². The van der Waals surface area contributed by atoms with Crippen LogP contribution in [0.25, 0.3) is 0 Å². The highest BCUT2D eigenvalue weighted by molar-refractivity contribution is 5.85. The number of hydrogen-bond acceptors (Lipinski definition) is 3. The number of oxime groups is 1.